The molecule has 0 bridgehead atoms. The Labute approximate surface area is 244 Å². The first-order chi connectivity index (χ1) is 20.0. The summed E-state index contributed by atoms with van der Waals surface area (Å²) < 4.78 is 37.9. The van der Waals surface area contributed by atoms with Crippen LogP contribution in [0.5, 0.6) is 5.75 Å². The Morgan fingerprint density at radius 3 is 1.98 bits per heavy atom. The van der Waals surface area contributed by atoms with Gasteiger partial charge < -0.3 is 14.7 Å². The summed E-state index contributed by atoms with van der Waals surface area (Å²) in [5, 5.41) is 7.12. The Balaban J connectivity index is 0.000000517. The molecule has 2 aliphatic rings. The van der Waals surface area contributed by atoms with E-state index in [4.69, 9.17) is 14.6 Å². The normalized spacial score (nSPS) is 16.8. The summed E-state index contributed by atoms with van der Waals surface area (Å²) in [5.74, 6) is -1.59. The van der Waals surface area contributed by atoms with Crippen molar-refractivity contribution >= 4 is 11.9 Å². The quantitative estimate of drug-likeness (QED) is 0.349. The smallest absolute Gasteiger partial charge is 0.489 e. The monoisotopic (exact) mass is 582 g/mol. The highest BCUT2D eigenvalue weighted by atomic mass is 19.4. The van der Waals surface area contributed by atoms with Crippen LogP contribution in [0.3, 0.4) is 0 Å². The van der Waals surface area contributed by atoms with E-state index < -0.39 is 12.1 Å². The minimum Gasteiger partial charge on any atom is -0.489 e. The Bertz CT molecular complexity index is 1310. The highest BCUT2D eigenvalue weighted by molar-refractivity contribution is 5.94. The lowest BCUT2D eigenvalue weighted by Crippen LogP contribution is -2.48. The van der Waals surface area contributed by atoms with Gasteiger partial charge in [-0.05, 0) is 74.9 Å². The van der Waals surface area contributed by atoms with Crippen molar-refractivity contribution in [3.63, 3.8) is 0 Å². The third-order valence-electron chi connectivity index (χ3n) is 8.17. The SMILES string of the molecule is Cc1ccc(C(=O)N2CCC3(CCN(Cc4ccccc4OCc4ccccc4)CC3)CC2)cc1.O=C(O)C(F)(F)F. The molecule has 2 aliphatic heterocycles. The van der Waals surface area contributed by atoms with Crippen molar-refractivity contribution in [3.8, 4) is 5.75 Å². The Morgan fingerprint density at radius 1 is 0.833 bits per heavy atom. The first-order valence-corrected chi connectivity index (χ1v) is 14.2. The second-order valence-corrected chi connectivity index (χ2v) is 11.1. The predicted molar refractivity (Wildman–Crippen MR) is 154 cm³/mol. The molecule has 0 saturated carbocycles. The van der Waals surface area contributed by atoms with Crippen LogP contribution < -0.4 is 4.74 Å². The largest absolute Gasteiger partial charge is 0.490 e. The average molecular weight is 583 g/mol. The third kappa shape index (κ3) is 8.58. The molecule has 42 heavy (non-hydrogen) atoms. The number of halogens is 3. The van der Waals surface area contributed by atoms with Gasteiger partial charge in [0.15, 0.2) is 0 Å². The Kier molecular flexibility index (Phi) is 10.3. The Morgan fingerprint density at radius 2 is 1.38 bits per heavy atom. The number of hydrogen-bond acceptors (Lipinski definition) is 4. The van der Waals surface area contributed by atoms with Gasteiger partial charge in [0.1, 0.15) is 12.4 Å². The zero-order chi connectivity index (χ0) is 30.2. The second-order valence-electron chi connectivity index (χ2n) is 11.1. The molecule has 9 heteroatoms. The lowest BCUT2D eigenvalue weighted by Gasteiger charge is -2.47. The highest BCUT2D eigenvalue weighted by Gasteiger charge is 2.39. The number of ether oxygens (including phenoxy) is 1. The van der Waals surface area contributed by atoms with Crippen molar-refractivity contribution in [2.75, 3.05) is 26.2 Å². The summed E-state index contributed by atoms with van der Waals surface area (Å²) in [5.41, 5.74) is 4.85. The zero-order valence-corrected chi connectivity index (χ0v) is 23.8. The minimum atomic E-state index is -5.08. The first-order valence-electron chi connectivity index (χ1n) is 14.2. The third-order valence-corrected chi connectivity index (χ3v) is 8.17. The van der Waals surface area contributed by atoms with Gasteiger partial charge in [0.25, 0.3) is 5.91 Å². The van der Waals surface area contributed by atoms with Crippen molar-refractivity contribution in [2.45, 2.75) is 51.9 Å². The van der Waals surface area contributed by atoms with E-state index in [-0.39, 0.29) is 5.91 Å². The minimum absolute atomic E-state index is 0.185. The van der Waals surface area contributed by atoms with E-state index in [1.165, 1.54) is 29.5 Å². The number of likely N-dealkylation sites (tertiary alicyclic amines) is 2. The molecular weight excluding hydrogens is 545 g/mol. The predicted octanol–water partition coefficient (Wildman–Crippen LogP) is 6.73. The fourth-order valence-corrected chi connectivity index (χ4v) is 5.50. The maximum absolute atomic E-state index is 12.9. The molecule has 1 amide bonds. The van der Waals surface area contributed by atoms with Gasteiger partial charge in [-0.15, -0.1) is 0 Å². The fourth-order valence-electron chi connectivity index (χ4n) is 5.50. The van der Waals surface area contributed by atoms with Gasteiger partial charge in [0.05, 0.1) is 0 Å². The molecule has 0 aliphatic carbocycles. The molecule has 3 aromatic carbocycles. The molecule has 1 spiro atoms. The number of alkyl halides is 3. The molecule has 0 atom stereocenters. The van der Waals surface area contributed by atoms with E-state index in [1.54, 1.807) is 0 Å². The summed E-state index contributed by atoms with van der Waals surface area (Å²) in [4.78, 5) is 26.4. The summed E-state index contributed by atoms with van der Waals surface area (Å²) in [6.45, 7) is 7.56. The van der Waals surface area contributed by atoms with Gasteiger partial charge in [-0.25, -0.2) is 4.79 Å². The Hall–Kier alpha value is -3.85. The van der Waals surface area contributed by atoms with Crippen LogP contribution in [0.15, 0.2) is 78.9 Å². The number of carboxylic acids is 1. The van der Waals surface area contributed by atoms with Gasteiger partial charge in [-0.2, -0.15) is 13.2 Å². The number of rotatable bonds is 6. The van der Waals surface area contributed by atoms with Crippen LogP contribution >= 0.6 is 0 Å². The van der Waals surface area contributed by atoms with Gasteiger partial charge >= 0.3 is 12.1 Å². The number of hydrogen-bond donors (Lipinski definition) is 1. The van der Waals surface area contributed by atoms with Crippen LogP contribution in [0, 0.1) is 12.3 Å². The van der Waals surface area contributed by atoms with Crippen molar-refractivity contribution < 1.29 is 32.6 Å². The first kappa shape index (κ1) is 31.1. The van der Waals surface area contributed by atoms with Crippen LogP contribution in [0.4, 0.5) is 13.2 Å². The molecule has 2 saturated heterocycles. The summed E-state index contributed by atoms with van der Waals surface area (Å²) in [6.07, 6.45) is -0.413. The van der Waals surface area contributed by atoms with Gasteiger partial charge in [0, 0.05) is 30.8 Å². The summed E-state index contributed by atoms with van der Waals surface area (Å²) >= 11 is 0. The summed E-state index contributed by atoms with van der Waals surface area (Å²) in [6, 6.07) is 26.8. The topological polar surface area (TPSA) is 70.1 Å². The molecule has 224 valence electrons. The molecule has 5 rings (SSSR count). The molecule has 1 N–H and O–H groups in total. The number of aliphatic carboxylic acids is 1. The molecule has 0 aromatic heterocycles. The molecule has 6 nitrogen and oxygen atoms in total. The molecule has 0 radical (unpaired) electrons. The number of carbonyl (C=O) groups is 2. The van der Waals surface area contributed by atoms with Crippen molar-refractivity contribution in [1.29, 1.82) is 0 Å². The van der Waals surface area contributed by atoms with Gasteiger partial charge in [-0.3, -0.25) is 9.69 Å². The molecule has 2 fully saturated rings. The number of benzene rings is 3. The lowest BCUT2D eigenvalue weighted by atomic mass is 9.71. The van der Waals surface area contributed by atoms with E-state index in [0.29, 0.717) is 12.0 Å². The number of amides is 1. The van der Waals surface area contributed by atoms with Crippen molar-refractivity contribution in [1.82, 2.24) is 9.80 Å². The standard InChI is InChI=1S/C31H36N2O2.C2HF3O2/c1-25-11-13-27(14-12-25)30(34)33-21-17-31(18-22-33)15-19-32(20-16-31)23-28-9-5-6-10-29(28)35-24-26-7-3-2-4-8-26;3-2(4,5)1(6)7/h2-14H,15-24H2,1H3;(H,6,7). The number of carboxylic acid groups (broad SMARTS) is 1. The zero-order valence-electron chi connectivity index (χ0n) is 23.8. The van der Waals surface area contributed by atoms with Crippen LogP contribution in [0.2, 0.25) is 0 Å². The van der Waals surface area contributed by atoms with Crippen LogP contribution in [-0.2, 0) is 17.9 Å². The summed E-state index contributed by atoms with van der Waals surface area (Å²) in [7, 11) is 0. The maximum atomic E-state index is 12.9. The number of carbonyl (C=O) groups excluding carboxylic acids is 1. The fraction of sp³-hybridized carbons (Fsp3) is 0.394. The van der Waals surface area contributed by atoms with Gasteiger partial charge in [0.2, 0.25) is 0 Å². The van der Waals surface area contributed by atoms with E-state index in [9.17, 15) is 18.0 Å². The van der Waals surface area contributed by atoms with E-state index in [0.717, 1.165) is 56.9 Å². The van der Waals surface area contributed by atoms with Crippen LogP contribution in [0.25, 0.3) is 0 Å². The average Bonchev–Trinajstić information content (AvgIpc) is 2.99. The number of aryl methyl sites for hydroxylation is 1. The van der Waals surface area contributed by atoms with Crippen LogP contribution in [0.1, 0.15) is 52.7 Å². The lowest BCUT2D eigenvalue weighted by molar-refractivity contribution is -0.192. The maximum Gasteiger partial charge on any atom is 0.490 e. The van der Waals surface area contributed by atoms with Gasteiger partial charge in [-0.1, -0.05) is 66.2 Å². The molecule has 3 aromatic rings. The van der Waals surface area contributed by atoms with Crippen molar-refractivity contribution in [3.05, 3.63) is 101 Å². The molecular formula is C33H37F3N2O4. The van der Waals surface area contributed by atoms with E-state index in [2.05, 4.69) is 65.3 Å². The number of piperidine rings is 2. The van der Waals surface area contributed by atoms with E-state index in [1.807, 2.05) is 30.3 Å². The number of nitrogens with zero attached hydrogens (tertiary/aromatic N) is 2. The highest BCUT2D eigenvalue weighted by Crippen LogP contribution is 2.42. The second kappa shape index (κ2) is 13.9. The van der Waals surface area contributed by atoms with Crippen LogP contribution in [-0.4, -0.2) is 59.1 Å². The molecule has 0 unspecified atom stereocenters. The number of para-hydroxylation sites is 1. The van der Waals surface area contributed by atoms with E-state index >= 15 is 0 Å². The molecule has 2 heterocycles. The van der Waals surface area contributed by atoms with Crippen molar-refractivity contribution in [2.24, 2.45) is 5.41 Å².